The highest BCUT2D eigenvalue weighted by Gasteiger charge is 2.33. The summed E-state index contributed by atoms with van der Waals surface area (Å²) in [4.78, 5) is 52.9. The van der Waals surface area contributed by atoms with Crippen LogP contribution in [-0.4, -0.2) is 90.3 Å². The first-order valence-corrected chi connectivity index (χ1v) is 8.92. The number of carbonyl (C=O) groups is 4. The van der Waals surface area contributed by atoms with E-state index in [0.717, 1.165) is 25.9 Å². The van der Waals surface area contributed by atoms with Gasteiger partial charge in [0.25, 0.3) is 5.91 Å². The third kappa shape index (κ3) is 4.47. The van der Waals surface area contributed by atoms with E-state index >= 15 is 0 Å². The first-order valence-electron chi connectivity index (χ1n) is 8.92. The highest BCUT2D eigenvalue weighted by atomic mass is 16.2. The van der Waals surface area contributed by atoms with Gasteiger partial charge in [-0.25, -0.2) is 4.79 Å². The largest absolute Gasteiger partial charge is 0.342 e. The summed E-state index contributed by atoms with van der Waals surface area (Å²) in [5.41, 5.74) is 0. The first-order chi connectivity index (χ1) is 12.0. The Balaban J connectivity index is 1.40. The van der Waals surface area contributed by atoms with Crippen molar-refractivity contribution in [2.75, 3.05) is 45.8 Å². The van der Waals surface area contributed by atoms with Crippen LogP contribution in [0.2, 0.25) is 0 Å². The van der Waals surface area contributed by atoms with Gasteiger partial charge in [-0.15, -0.1) is 0 Å². The highest BCUT2D eigenvalue weighted by Crippen LogP contribution is 2.11. The number of piperidine rings is 1. The van der Waals surface area contributed by atoms with E-state index in [0.29, 0.717) is 32.7 Å². The van der Waals surface area contributed by atoms with Crippen molar-refractivity contribution in [3.05, 3.63) is 0 Å². The Morgan fingerprint density at radius 3 is 2.12 bits per heavy atom. The maximum absolute atomic E-state index is 12.3. The van der Waals surface area contributed by atoms with Crippen LogP contribution in [-0.2, 0) is 14.4 Å². The van der Waals surface area contributed by atoms with Gasteiger partial charge >= 0.3 is 6.03 Å². The molecule has 3 saturated heterocycles. The zero-order valence-corrected chi connectivity index (χ0v) is 14.3. The Bertz CT molecular complexity index is 553. The fraction of sp³-hybridized carbons (Fsp3) is 0.750. The van der Waals surface area contributed by atoms with Gasteiger partial charge in [-0.1, -0.05) is 0 Å². The summed E-state index contributed by atoms with van der Waals surface area (Å²) in [6.07, 6.45) is 3.34. The van der Waals surface area contributed by atoms with Gasteiger partial charge in [0, 0.05) is 39.3 Å². The molecule has 0 spiro atoms. The fourth-order valence-corrected chi connectivity index (χ4v) is 3.50. The van der Waals surface area contributed by atoms with Gasteiger partial charge in [0.05, 0.1) is 13.0 Å². The van der Waals surface area contributed by atoms with Crippen molar-refractivity contribution in [1.29, 1.82) is 0 Å². The molecular formula is C16H25N5O4. The van der Waals surface area contributed by atoms with Gasteiger partial charge in [0.1, 0.15) is 6.04 Å². The zero-order valence-electron chi connectivity index (χ0n) is 14.3. The second-order valence-electron chi connectivity index (χ2n) is 6.82. The quantitative estimate of drug-likeness (QED) is 0.616. The number of carbonyl (C=O) groups excluding carboxylic acids is 4. The second-order valence-corrected chi connectivity index (χ2v) is 6.82. The van der Waals surface area contributed by atoms with Crippen molar-refractivity contribution in [3.8, 4) is 0 Å². The molecule has 9 heteroatoms. The van der Waals surface area contributed by atoms with Crippen LogP contribution in [0.4, 0.5) is 4.79 Å². The van der Waals surface area contributed by atoms with Crippen LogP contribution in [0.5, 0.6) is 0 Å². The van der Waals surface area contributed by atoms with Crippen LogP contribution < -0.4 is 10.6 Å². The van der Waals surface area contributed by atoms with Crippen molar-refractivity contribution in [2.45, 2.75) is 31.7 Å². The smallest absolute Gasteiger partial charge is 0.322 e. The summed E-state index contributed by atoms with van der Waals surface area (Å²) >= 11 is 0. The summed E-state index contributed by atoms with van der Waals surface area (Å²) in [7, 11) is 0. The summed E-state index contributed by atoms with van der Waals surface area (Å²) in [5.74, 6) is -0.432. The molecule has 0 aromatic rings. The standard InChI is InChI=1S/C16H25N5O4/c22-13(10-12-15(24)18-16(25)17-12)21-8-6-19(7-9-21)11-14(23)20-4-2-1-3-5-20/h12H,1-11H2,(H2,17,18,24,25)/t12-/m0/s1. The molecule has 138 valence electrons. The van der Waals surface area contributed by atoms with Crippen LogP contribution in [0.3, 0.4) is 0 Å². The molecule has 9 nitrogen and oxygen atoms in total. The Labute approximate surface area is 146 Å². The van der Waals surface area contributed by atoms with E-state index in [9.17, 15) is 19.2 Å². The predicted octanol–water partition coefficient (Wildman–Crippen LogP) is -1.26. The predicted molar refractivity (Wildman–Crippen MR) is 88.5 cm³/mol. The summed E-state index contributed by atoms with van der Waals surface area (Å²) < 4.78 is 0. The number of rotatable bonds is 4. The maximum atomic E-state index is 12.3. The van der Waals surface area contributed by atoms with E-state index < -0.39 is 18.0 Å². The number of imide groups is 1. The average molecular weight is 351 g/mol. The maximum Gasteiger partial charge on any atom is 0.322 e. The molecule has 25 heavy (non-hydrogen) atoms. The van der Waals surface area contributed by atoms with Crippen LogP contribution in [0.1, 0.15) is 25.7 Å². The number of nitrogens with one attached hydrogen (secondary N) is 2. The van der Waals surface area contributed by atoms with Crippen molar-refractivity contribution < 1.29 is 19.2 Å². The number of amides is 5. The molecule has 3 heterocycles. The molecule has 0 aromatic carbocycles. The lowest BCUT2D eigenvalue weighted by Crippen LogP contribution is -2.52. The fourth-order valence-electron chi connectivity index (χ4n) is 3.50. The van der Waals surface area contributed by atoms with Crippen molar-refractivity contribution in [2.24, 2.45) is 0 Å². The molecule has 0 aromatic heterocycles. The number of nitrogens with zero attached hydrogens (tertiary/aromatic N) is 3. The molecule has 3 aliphatic rings. The molecule has 0 unspecified atom stereocenters. The number of hydrogen-bond acceptors (Lipinski definition) is 5. The summed E-state index contributed by atoms with van der Waals surface area (Å²) in [6.45, 7) is 4.48. The van der Waals surface area contributed by atoms with E-state index in [-0.39, 0.29) is 18.2 Å². The summed E-state index contributed by atoms with van der Waals surface area (Å²) in [6, 6.07) is -1.33. The van der Waals surface area contributed by atoms with E-state index in [2.05, 4.69) is 15.5 Å². The Morgan fingerprint density at radius 2 is 1.52 bits per heavy atom. The SMILES string of the molecule is O=C1NC(=O)[C@H](CC(=O)N2CCN(CC(=O)N3CCCCC3)CC2)N1. The van der Waals surface area contributed by atoms with Crippen molar-refractivity contribution in [3.63, 3.8) is 0 Å². The van der Waals surface area contributed by atoms with Crippen LogP contribution in [0, 0.1) is 0 Å². The van der Waals surface area contributed by atoms with Crippen molar-refractivity contribution in [1.82, 2.24) is 25.3 Å². The molecule has 1 atom stereocenters. The van der Waals surface area contributed by atoms with E-state index in [1.54, 1.807) is 4.90 Å². The number of urea groups is 1. The monoisotopic (exact) mass is 351 g/mol. The van der Waals surface area contributed by atoms with E-state index in [4.69, 9.17) is 0 Å². The third-order valence-corrected chi connectivity index (χ3v) is 5.03. The molecule has 0 aliphatic carbocycles. The highest BCUT2D eigenvalue weighted by molar-refractivity contribution is 6.05. The lowest BCUT2D eigenvalue weighted by molar-refractivity contribution is -0.137. The van der Waals surface area contributed by atoms with Crippen LogP contribution in [0.15, 0.2) is 0 Å². The molecule has 3 aliphatic heterocycles. The molecule has 3 fully saturated rings. The molecular weight excluding hydrogens is 326 g/mol. The van der Waals surface area contributed by atoms with Gasteiger partial charge in [-0.3, -0.25) is 24.6 Å². The molecule has 3 rings (SSSR count). The Kier molecular flexibility index (Phi) is 5.52. The van der Waals surface area contributed by atoms with Gasteiger partial charge in [0.2, 0.25) is 11.8 Å². The molecule has 0 bridgehead atoms. The minimum atomic E-state index is -0.779. The lowest BCUT2D eigenvalue weighted by atomic mass is 10.1. The lowest BCUT2D eigenvalue weighted by Gasteiger charge is -2.36. The minimum absolute atomic E-state index is 0.0235. The zero-order chi connectivity index (χ0) is 17.8. The average Bonchev–Trinajstić information content (AvgIpc) is 2.93. The van der Waals surface area contributed by atoms with Crippen molar-refractivity contribution >= 4 is 23.8 Å². The molecule has 0 radical (unpaired) electrons. The minimum Gasteiger partial charge on any atom is -0.342 e. The van der Waals surface area contributed by atoms with Gasteiger partial charge in [-0.2, -0.15) is 0 Å². The van der Waals surface area contributed by atoms with E-state index in [1.165, 1.54) is 6.42 Å². The first kappa shape index (κ1) is 17.7. The number of piperazine rings is 1. The molecule has 2 N–H and O–H groups in total. The normalized spacial score (nSPS) is 24.9. The van der Waals surface area contributed by atoms with Gasteiger partial charge < -0.3 is 15.1 Å². The Hall–Kier alpha value is -2.16. The second kappa shape index (κ2) is 7.81. The topological polar surface area (TPSA) is 102 Å². The molecule has 0 saturated carbocycles. The number of hydrogen-bond donors (Lipinski definition) is 2. The number of likely N-dealkylation sites (tertiary alicyclic amines) is 1. The summed E-state index contributed by atoms with van der Waals surface area (Å²) in [5, 5.41) is 4.56. The van der Waals surface area contributed by atoms with Crippen LogP contribution >= 0.6 is 0 Å². The van der Waals surface area contributed by atoms with E-state index in [1.807, 2.05) is 4.90 Å². The van der Waals surface area contributed by atoms with Crippen LogP contribution in [0.25, 0.3) is 0 Å². The van der Waals surface area contributed by atoms with Gasteiger partial charge in [0.15, 0.2) is 0 Å². The molecule has 5 amide bonds. The van der Waals surface area contributed by atoms with Gasteiger partial charge in [-0.05, 0) is 19.3 Å². The third-order valence-electron chi connectivity index (χ3n) is 5.03. The Morgan fingerprint density at radius 1 is 0.880 bits per heavy atom.